The minimum Gasteiger partial charge on any atom is -0.462 e. The number of esters is 2. The number of hydrogen-bond donors (Lipinski definition) is 1. The average molecular weight is 621 g/mol. The van der Waals surface area contributed by atoms with E-state index in [9.17, 15) is 14.7 Å². The molecule has 44 heavy (non-hydrogen) atoms. The molecule has 0 fully saturated rings. The Kier molecular flexibility index (Phi) is 34.5. The summed E-state index contributed by atoms with van der Waals surface area (Å²) in [5, 5.41) is 9.53. The van der Waals surface area contributed by atoms with Gasteiger partial charge in [-0.15, -0.1) is 0 Å². The first-order valence-electron chi connectivity index (χ1n) is 18.9. The van der Waals surface area contributed by atoms with E-state index in [1.165, 1.54) is 122 Å². The van der Waals surface area contributed by atoms with Crippen molar-refractivity contribution in [3.05, 3.63) is 24.3 Å². The van der Waals surface area contributed by atoms with Gasteiger partial charge in [0, 0.05) is 12.8 Å². The van der Waals surface area contributed by atoms with Gasteiger partial charge in [0.1, 0.15) is 6.61 Å². The summed E-state index contributed by atoms with van der Waals surface area (Å²) >= 11 is 0. The molecule has 0 saturated carbocycles. The van der Waals surface area contributed by atoms with Crippen molar-refractivity contribution in [2.75, 3.05) is 13.2 Å². The SMILES string of the molecule is CCCCCC/C=C\CCCCCCCCCC(=O)OC[C@H](CO)OC(=O)CCCCCCC/C=C\CCCCCCCC. The summed E-state index contributed by atoms with van der Waals surface area (Å²) < 4.78 is 10.6. The Balaban J connectivity index is 3.57. The Morgan fingerprint density at radius 3 is 1.25 bits per heavy atom. The lowest BCUT2D eigenvalue weighted by atomic mass is 10.1. The van der Waals surface area contributed by atoms with Gasteiger partial charge in [-0.3, -0.25) is 9.59 Å². The Hall–Kier alpha value is -1.62. The van der Waals surface area contributed by atoms with Crippen LogP contribution in [0.15, 0.2) is 24.3 Å². The van der Waals surface area contributed by atoms with Crippen LogP contribution in [-0.2, 0) is 19.1 Å². The van der Waals surface area contributed by atoms with Crippen LogP contribution in [0.1, 0.15) is 194 Å². The van der Waals surface area contributed by atoms with Crippen LogP contribution in [0.2, 0.25) is 0 Å². The molecule has 0 amide bonds. The average Bonchev–Trinajstić information content (AvgIpc) is 3.02. The summed E-state index contributed by atoms with van der Waals surface area (Å²) in [6.07, 6.45) is 40.9. The molecule has 0 aliphatic rings. The zero-order chi connectivity index (χ0) is 32.2. The molecule has 0 aromatic carbocycles. The van der Waals surface area contributed by atoms with Crippen LogP contribution in [0.25, 0.3) is 0 Å². The summed E-state index contributed by atoms with van der Waals surface area (Å²) in [6, 6.07) is 0. The van der Waals surface area contributed by atoms with Gasteiger partial charge in [0.05, 0.1) is 6.61 Å². The first-order valence-corrected chi connectivity index (χ1v) is 18.9. The Morgan fingerprint density at radius 1 is 0.500 bits per heavy atom. The molecule has 0 aliphatic carbocycles. The van der Waals surface area contributed by atoms with Gasteiger partial charge < -0.3 is 14.6 Å². The first-order chi connectivity index (χ1) is 21.6. The summed E-state index contributed by atoms with van der Waals surface area (Å²) in [5.41, 5.74) is 0. The predicted molar refractivity (Wildman–Crippen MR) is 187 cm³/mol. The third-order valence-electron chi connectivity index (χ3n) is 8.22. The highest BCUT2D eigenvalue weighted by atomic mass is 16.6. The maximum Gasteiger partial charge on any atom is 0.306 e. The fourth-order valence-corrected chi connectivity index (χ4v) is 5.31. The van der Waals surface area contributed by atoms with Crippen LogP contribution < -0.4 is 0 Å². The number of aliphatic hydroxyl groups is 1. The summed E-state index contributed by atoms with van der Waals surface area (Å²) in [6.45, 7) is 4.11. The van der Waals surface area contributed by atoms with E-state index in [1.54, 1.807) is 0 Å². The molecule has 0 radical (unpaired) electrons. The van der Waals surface area contributed by atoms with Gasteiger partial charge in [-0.1, -0.05) is 141 Å². The fourth-order valence-electron chi connectivity index (χ4n) is 5.31. The van der Waals surface area contributed by atoms with Gasteiger partial charge in [0.25, 0.3) is 0 Å². The second-order valence-corrected chi connectivity index (χ2v) is 12.6. The van der Waals surface area contributed by atoms with Crippen molar-refractivity contribution in [2.45, 2.75) is 200 Å². The first kappa shape index (κ1) is 42.4. The number of ether oxygens (including phenoxy) is 2. The van der Waals surface area contributed by atoms with Gasteiger partial charge in [-0.25, -0.2) is 0 Å². The third-order valence-corrected chi connectivity index (χ3v) is 8.22. The highest BCUT2D eigenvalue weighted by Gasteiger charge is 2.16. The van der Waals surface area contributed by atoms with Crippen molar-refractivity contribution < 1.29 is 24.2 Å². The van der Waals surface area contributed by atoms with E-state index >= 15 is 0 Å². The van der Waals surface area contributed by atoms with Crippen LogP contribution in [0, 0.1) is 0 Å². The summed E-state index contributed by atoms with van der Waals surface area (Å²) in [5.74, 6) is -0.602. The molecular formula is C39H72O5. The van der Waals surface area contributed by atoms with Gasteiger partial charge in [0.2, 0.25) is 0 Å². The second kappa shape index (κ2) is 35.9. The normalized spacial score (nSPS) is 12.3. The smallest absolute Gasteiger partial charge is 0.306 e. The molecule has 0 bridgehead atoms. The summed E-state index contributed by atoms with van der Waals surface area (Å²) in [4.78, 5) is 24.2. The van der Waals surface area contributed by atoms with Crippen molar-refractivity contribution in [1.29, 1.82) is 0 Å². The largest absolute Gasteiger partial charge is 0.462 e. The Labute approximate surface area is 273 Å². The molecular weight excluding hydrogens is 548 g/mol. The van der Waals surface area contributed by atoms with Crippen molar-refractivity contribution in [3.63, 3.8) is 0 Å². The highest BCUT2D eigenvalue weighted by Crippen LogP contribution is 2.13. The van der Waals surface area contributed by atoms with Gasteiger partial charge in [0.15, 0.2) is 6.10 Å². The molecule has 5 heteroatoms. The second-order valence-electron chi connectivity index (χ2n) is 12.6. The number of allylic oxidation sites excluding steroid dienone is 4. The minimum atomic E-state index is -0.773. The molecule has 258 valence electrons. The van der Waals surface area contributed by atoms with E-state index < -0.39 is 6.10 Å². The van der Waals surface area contributed by atoms with Gasteiger partial charge >= 0.3 is 11.9 Å². The molecule has 0 rings (SSSR count). The molecule has 1 N–H and O–H groups in total. The quantitative estimate of drug-likeness (QED) is 0.0440. The van der Waals surface area contributed by atoms with Crippen molar-refractivity contribution >= 4 is 11.9 Å². The van der Waals surface area contributed by atoms with Crippen molar-refractivity contribution in [1.82, 2.24) is 0 Å². The van der Waals surface area contributed by atoms with E-state index in [0.29, 0.717) is 12.8 Å². The molecule has 0 heterocycles. The van der Waals surface area contributed by atoms with E-state index in [-0.39, 0.29) is 25.2 Å². The maximum atomic E-state index is 12.1. The molecule has 0 saturated heterocycles. The van der Waals surface area contributed by atoms with E-state index in [1.807, 2.05) is 0 Å². The molecule has 0 spiro atoms. The van der Waals surface area contributed by atoms with Crippen LogP contribution in [0.5, 0.6) is 0 Å². The van der Waals surface area contributed by atoms with Crippen LogP contribution in [-0.4, -0.2) is 36.4 Å². The van der Waals surface area contributed by atoms with Gasteiger partial charge in [-0.05, 0) is 64.2 Å². The highest BCUT2D eigenvalue weighted by molar-refractivity contribution is 5.70. The zero-order valence-corrected chi connectivity index (χ0v) is 29.2. The molecule has 0 unspecified atom stereocenters. The zero-order valence-electron chi connectivity index (χ0n) is 29.2. The molecule has 0 aromatic rings. The Morgan fingerprint density at radius 2 is 0.841 bits per heavy atom. The maximum absolute atomic E-state index is 12.1. The number of unbranched alkanes of at least 4 members (excludes halogenated alkanes) is 22. The number of rotatable bonds is 34. The number of aliphatic hydroxyl groups excluding tert-OH is 1. The van der Waals surface area contributed by atoms with Gasteiger partial charge in [-0.2, -0.15) is 0 Å². The lowest BCUT2D eigenvalue weighted by molar-refractivity contribution is -0.161. The number of carbonyl (C=O) groups is 2. The molecule has 0 aliphatic heterocycles. The molecule has 0 aromatic heterocycles. The fraction of sp³-hybridized carbons (Fsp3) is 0.846. The lowest BCUT2D eigenvalue weighted by Crippen LogP contribution is -2.28. The van der Waals surface area contributed by atoms with Crippen molar-refractivity contribution in [2.24, 2.45) is 0 Å². The minimum absolute atomic E-state index is 0.0688. The Bertz CT molecular complexity index is 671. The predicted octanol–water partition coefficient (Wildman–Crippen LogP) is 11.5. The van der Waals surface area contributed by atoms with E-state index in [4.69, 9.17) is 9.47 Å². The molecule has 5 nitrogen and oxygen atoms in total. The molecule has 1 atom stereocenters. The van der Waals surface area contributed by atoms with Crippen LogP contribution in [0.4, 0.5) is 0 Å². The van der Waals surface area contributed by atoms with E-state index in [2.05, 4.69) is 38.2 Å². The monoisotopic (exact) mass is 621 g/mol. The number of carbonyl (C=O) groups excluding carboxylic acids is 2. The topological polar surface area (TPSA) is 72.8 Å². The van der Waals surface area contributed by atoms with Crippen LogP contribution >= 0.6 is 0 Å². The van der Waals surface area contributed by atoms with E-state index in [0.717, 1.165) is 44.9 Å². The van der Waals surface area contributed by atoms with Crippen molar-refractivity contribution in [3.8, 4) is 0 Å². The summed E-state index contributed by atoms with van der Waals surface area (Å²) in [7, 11) is 0. The standard InChI is InChI=1S/C39H72O5/c1-3-5-7-9-11-13-15-17-19-21-23-25-27-29-31-33-38(41)43-36-37(35-40)44-39(42)34-32-30-28-26-24-22-20-18-16-14-12-10-8-6-4-2/h13,15,18,20,37,40H,3-12,14,16-17,19,21-36H2,1-2H3/b15-13-,20-18-/t37-/m0/s1. The lowest BCUT2D eigenvalue weighted by Gasteiger charge is -2.15. The van der Waals surface area contributed by atoms with Crippen LogP contribution in [0.3, 0.4) is 0 Å². The number of hydrogen-bond acceptors (Lipinski definition) is 5. The third kappa shape index (κ3) is 33.3.